The number of benzene rings is 1. The van der Waals surface area contributed by atoms with E-state index >= 15 is 0 Å². The van der Waals surface area contributed by atoms with E-state index in [0.717, 1.165) is 44.5 Å². The Kier molecular flexibility index (Phi) is 7.84. The Labute approximate surface area is 155 Å². The van der Waals surface area contributed by atoms with E-state index in [4.69, 9.17) is 5.41 Å². The van der Waals surface area contributed by atoms with Gasteiger partial charge in [-0.25, -0.2) is 4.90 Å². The average Bonchev–Trinajstić information content (AvgIpc) is 2.68. The number of rotatable bonds is 8. The number of hydrogen-bond donors (Lipinski definition) is 2. The topological polar surface area (TPSA) is 83.2 Å². The van der Waals surface area contributed by atoms with Crippen molar-refractivity contribution in [2.45, 2.75) is 31.7 Å². The average molecular weight is 353 g/mol. The van der Waals surface area contributed by atoms with Crippen LogP contribution in [0.25, 0.3) is 0 Å². The van der Waals surface area contributed by atoms with Crippen LogP contribution in [0.5, 0.6) is 0 Å². The molecule has 26 heavy (non-hydrogen) atoms. The lowest BCUT2D eigenvalue weighted by Gasteiger charge is -2.35. The number of nitriles is 1. The minimum Gasteiger partial charge on any atom is -0.352 e. The maximum atomic E-state index is 12.1. The Morgan fingerprint density at radius 1 is 1.38 bits per heavy atom. The molecule has 0 atom stereocenters. The number of carbonyl (C=O) groups is 1. The summed E-state index contributed by atoms with van der Waals surface area (Å²) in [6.07, 6.45) is 6.89. The summed E-state index contributed by atoms with van der Waals surface area (Å²) in [6.45, 7) is 6.75. The van der Waals surface area contributed by atoms with Crippen LogP contribution in [0.3, 0.4) is 0 Å². The molecular formula is C20H27N5O. The van der Waals surface area contributed by atoms with Crippen LogP contribution in [0, 0.1) is 16.9 Å². The van der Waals surface area contributed by atoms with Gasteiger partial charge < -0.3 is 10.2 Å². The first-order valence-electron chi connectivity index (χ1n) is 9.08. The van der Waals surface area contributed by atoms with Gasteiger partial charge in [-0.15, -0.1) is 6.58 Å². The lowest BCUT2D eigenvalue weighted by atomic mass is 10.0. The molecule has 138 valence electrons. The molecule has 6 nitrogen and oxygen atoms in total. The quantitative estimate of drug-likeness (QED) is 0.187. The standard InChI is InChI=1S/C20H27N5O/c1-2-12-23-20(22)25(16-21)18-10-14-24(15-11-18)13-6-9-19(26)17-7-4-3-5-8-17/h2-5,7-8,18H,1,6,9-15H2,(H2,22,23). The molecule has 1 aromatic rings. The van der Waals surface area contributed by atoms with Crippen molar-refractivity contribution in [3.63, 3.8) is 0 Å². The smallest absolute Gasteiger partial charge is 0.205 e. The van der Waals surface area contributed by atoms with Crippen molar-refractivity contribution in [1.82, 2.24) is 15.1 Å². The molecule has 0 aliphatic carbocycles. The van der Waals surface area contributed by atoms with Crippen LogP contribution in [-0.2, 0) is 0 Å². The van der Waals surface area contributed by atoms with E-state index in [1.165, 1.54) is 4.90 Å². The fraction of sp³-hybridized carbons (Fsp3) is 0.450. The van der Waals surface area contributed by atoms with Gasteiger partial charge in [-0.1, -0.05) is 36.4 Å². The Hall–Kier alpha value is -2.65. The van der Waals surface area contributed by atoms with Gasteiger partial charge in [-0.2, -0.15) is 5.26 Å². The third kappa shape index (κ3) is 5.71. The van der Waals surface area contributed by atoms with Crippen LogP contribution in [0.15, 0.2) is 43.0 Å². The molecule has 1 aromatic carbocycles. The summed E-state index contributed by atoms with van der Waals surface area (Å²) < 4.78 is 0. The fourth-order valence-electron chi connectivity index (χ4n) is 3.20. The summed E-state index contributed by atoms with van der Waals surface area (Å²) in [4.78, 5) is 15.9. The molecule has 6 heteroatoms. The minimum absolute atomic E-state index is 0.0621. The van der Waals surface area contributed by atoms with E-state index in [1.807, 2.05) is 30.3 Å². The summed E-state index contributed by atoms with van der Waals surface area (Å²) in [7, 11) is 0. The van der Waals surface area contributed by atoms with Gasteiger partial charge in [0.05, 0.1) is 0 Å². The molecule has 0 radical (unpaired) electrons. The number of hydrogen-bond acceptors (Lipinski definition) is 4. The van der Waals surface area contributed by atoms with E-state index in [1.54, 1.807) is 6.08 Å². The third-order valence-electron chi connectivity index (χ3n) is 4.66. The van der Waals surface area contributed by atoms with Crippen molar-refractivity contribution in [2.75, 3.05) is 26.2 Å². The molecule has 1 aliphatic rings. The van der Waals surface area contributed by atoms with Gasteiger partial charge in [-0.3, -0.25) is 10.2 Å². The van der Waals surface area contributed by atoms with E-state index in [0.29, 0.717) is 13.0 Å². The molecular weight excluding hydrogens is 326 g/mol. The Morgan fingerprint density at radius 2 is 2.08 bits per heavy atom. The molecule has 1 aliphatic heterocycles. The van der Waals surface area contributed by atoms with Gasteiger partial charge in [0.15, 0.2) is 12.0 Å². The van der Waals surface area contributed by atoms with E-state index in [2.05, 4.69) is 23.0 Å². The number of nitrogens with one attached hydrogen (secondary N) is 2. The predicted octanol–water partition coefficient (Wildman–Crippen LogP) is 2.61. The first kappa shape index (κ1) is 19.7. The zero-order chi connectivity index (χ0) is 18.8. The minimum atomic E-state index is 0.0621. The number of piperidine rings is 1. The molecule has 2 N–H and O–H groups in total. The van der Waals surface area contributed by atoms with Crippen molar-refractivity contribution < 1.29 is 4.79 Å². The van der Waals surface area contributed by atoms with Crippen molar-refractivity contribution in [3.8, 4) is 6.19 Å². The summed E-state index contributed by atoms with van der Waals surface area (Å²) in [5.41, 5.74) is 0.779. The monoisotopic (exact) mass is 353 g/mol. The summed E-state index contributed by atoms with van der Waals surface area (Å²) in [6, 6.07) is 9.48. The second kappa shape index (κ2) is 10.4. The zero-order valence-electron chi connectivity index (χ0n) is 15.2. The number of nitrogens with zero attached hydrogens (tertiary/aromatic N) is 3. The number of Topliss-reactive ketones (excluding diaryl/α,β-unsaturated/α-hetero) is 1. The highest BCUT2D eigenvalue weighted by Gasteiger charge is 2.26. The predicted molar refractivity (Wildman–Crippen MR) is 103 cm³/mol. The summed E-state index contributed by atoms with van der Waals surface area (Å²) in [5, 5.41) is 20.2. The van der Waals surface area contributed by atoms with Gasteiger partial charge >= 0.3 is 0 Å². The molecule has 0 unspecified atom stereocenters. The molecule has 1 saturated heterocycles. The lowest BCUT2D eigenvalue weighted by Crippen LogP contribution is -2.49. The summed E-state index contributed by atoms with van der Waals surface area (Å²) in [5.74, 6) is 0.331. The first-order valence-corrected chi connectivity index (χ1v) is 9.08. The maximum Gasteiger partial charge on any atom is 0.205 e. The van der Waals surface area contributed by atoms with E-state index in [-0.39, 0.29) is 17.8 Å². The van der Waals surface area contributed by atoms with E-state index < -0.39 is 0 Å². The van der Waals surface area contributed by atoms with Crippen LogP contribution in [0.2, 0.25) is 0 Å². The zero-order valence-corrected chi connectivity index (χ0v) is 15.2. The molecule has 0 spiro atoms. The normalized spacial score (nSPS) is 15.0. The van der Waals surface area contributed by atoms with Crippen LogP contribution in [0.4, 0.5) is 0 Å². The number of guanidine groups is 1. The number of carbonyl (C=O) groups excluding carboxylic acids is 1. The summed E-state index contributed by atoms with van der Waals surface area (Å²) >= 11 is 0. The highest BCUT2D eigenvalue weighted by molar-refractivity contribution is 5.95. The highest BCUT2D eigenvalue weighted by atomic mass is 16.1. The highest BCUT2D eigenvalue weighted by Crippen LogP contribution is 2.17. The number of ketones is 1. The molecule has 0 amide bonds. The molecule has 0 saturated carbocycles. The van der Waals surface area contributed by atoms with Gasteiger partial charge in [0.1, 0.15) is 0 Å². The van der Waals surface area contributed by atoms with Crippen molar-refractivity contribution in [3.05, 3.63) is 48.6 Å². The second-order valence-electron chi connectivity index (χ2n) is 6.45. The van der Waals surface area contributed by atoms with Crippen LogP contribution >= 0.6 is 0 Å². The van der Waals surface area contributed by atoms with Crippen LogP contribution in [-0.4, -0.2) is 53.8 Å². The number of likely N-dealkylation sites (tertiary alicyclic amines) is 1. The lowest BCUT2D eigenvalue weighted by molar-refractivity contribution is 0.0969. The van der Waals surface area contributed by atoms with Crippen molar-refractivity contribution in [2.24, 2.45) is 0 Å². The van der Waals surface area contributed by atoms with Gasteiger partial charge in [0.2, 0.25) is 5.96 Å². The molecule has 1 heterocycles. The largest absolute Gasteiger partial charge is 0.352 e. The molecule has 0 bridgehead atoms. The van der Waals surface area contributed by atoms with Crippen LogP contribution < -0.4 is 5.32 Å². The third-order valence-corrected chi connectivity index (χ3v) is 4.66. The Bertz CT molecular complexity index is 644. The maximum absolute atomic E-state index is 12.1. The van der Waals surface area contributed by atoms with Gasteiger partial charge in [-0.05, 0) is 25.8 Å². The van der Waals surface area contributed by atoms with Crippen molar-refractivity contribution in [1.29, 1.82) is 10.7 Å². The van der Waals surface area contributed by atoms with Gasteiger partial charge in [0, 0.05) is 37.7 Å². The SMILES string of the molecule is C=CCNC(=N)N(C#N)C1CCN(CCCC(=O)c2ccccc2)CC1. The van der Waals surface area contributed by atoms with E-state index in [9.17, 15) is 10.1 Å². The molecule has 2 rings (SSSR count). The molecule has 1 fully saturated rings. The second-order valence-corrected chi connectivity index (χ2v) is 6.45. The molecule has 0 aromatic heterocycles. The van der Waals surface area contributed by atoms with Crippen molar-refractivity contribution >= 4 is 11.7 Å². The van der Waals surface area contributed by atoms with Crippen LogP contribution in [0.1, 0.15) is 36.0 Å². The Balaban J connectivity index is 1.71. The van der Waals surface area contributed by atoms with Gasteiger partial charge in [0.25, 0.3) is 0 Å². The fourth-order valence-corrected chi connectivity index (χ4v) is 3.20. The first-order chi connectivity index (χ1) is 12.7. The Morgan fingerprint density at radius 3 is 2.69 bits per heavy atom.